The molecule has 27 heavy (non-hydrogen) atoms. The van der Waals surface area contributed by atoms with E-state index >= 15 is 0 Å². The quantitative estimate of drug-likeness (QED) is 0.593. The van der Waals surface area contributed by atoms with Gasteiger partial charge in [0.2, 0.25) is 0 Å². The Kier molecular flexibility index (Phi) is 4.87. The monoisotopic (exact) mass is 371 g/mol. The summed E-state index contributed by atoms with van der Waals surface area (Å²) in [5.74, 6) is 1.61. The fourth-order valence-electron chi connectivity index (χ4n) is 3.80. The van der Waals surface area contributed by atoms with Crippen molar-refractivity contribution in [2.45, 2.75) is 26.2 Å². The summed E-state index contributed by atoms with van der Waals surface area (Å²) < 4.78 is 4.57. The molecule has 134 valence electrons. The SMILES string of the molecule is CC1Cc2nscc2C(/C=C/c2ccc(-c3ccccc3C#N)cn2)[C@@H]1C. The first-order valence-electron chi connectivity index (χ1n) is 9.24. The van der Waals surface area contributed by atoms with Gasteiger partial charge >= 0.3 is 0 Å². The number of aromatic nitrogens is 2. The molecule has 0 amide bonds. The number of hydrogen-bond donors (Lipinski definition) is 0. The molecule has 4 heteroatoms. The second-order valence-corrected chi connectivity index (χ2v) is 7.90. The van der Waals surface area contributed by atoms with Gasteiger partial charge in [0.15, 0.2) is 0 Å². The molecule has 0 bridgehead atoms. The first-order chi connectivity index (χ1) is 13.2. The lowest BCUT2D eigenvalue weighted by atomic mass is 9.73. The number of hydrogen-bond acceptors (Lipinski definition) is 4. The number of fused-ring (bicyclic) bond motifs is 1. The lowest BCUT2D eigenvalue weighted by Crippen LogP contribution is -2.24. The third kappa shape index (κ3) is 3.43. The Balaban J connectivity index is 1.58. The number of nitriles is 1. The lowest BCUT2D eigenvalue weighted by molar-refractivity contribution is 0.330. The third-order valence-electron chi connectivity index (χ3n) is 5.63. The van der Waals surface area contributed by atoms with Gasteiger partial charge in [0.25, 0.3) is 0 Å². The van der Waals surface area contributed by atoms with E-state index in [4.69, 9.17) is 0 Å². The maximum absolute atomic E-state index is 9.29. The van der Waals surface area contributed by atoms with Gasteiger partial charge in [-0.05, 0) is 53.6 Å². The van der Waals surface area contributed by atoms with Crippen LogP contribution in [0.1, 0.15) is 42.3 Å². The fraction of sp³-hybridized carbons (Fsp3) is 0.261. The molecule has 0 radical (unpaired) electrons. The highest BCUT2D eigenvalue weighted by molar-refractivity contribution is 7.03. The van der Waals surface area contributed by atoms with Gasteiger partial charge in [0.05, 0.1) is 23.0 Å². The van der Waals surface area contributed by atoms with Gasteiger partial charge in [-0.15, -0.1) is 0 Å². The summed E-state index contributed by atoms with van der Waals surface area (Å²) in [6.45, 7) is 4.64. The van der Waals surface area contributed by atoms with Crippen LogP contribution in [0.15, 0.2) is 54.1 Å². The normalized spacial score (nSPS) is 21.7. The number of allylic oxidation sites excluding steroid dienone is 1. The predicted octanol–water partition coefficient (Wildman–Crippen LogP) is 5.70. The zero-order valence-corrected chi connectivity index (χ0v) is 16.3. The second kappa shape index (κ2) is 7.46. The molecule has 1 aliphatic rings. The number of pyridine rings is 1. The van der Waals surface area contributed by atoms with Crippen LogP contribution in [0.4, 0.5) is 0 Å². The molecule has 3 aromatic rings. The van der Waals surface area contributed by atoms with Gasteiger partial charge in [-0.25, -0.2) is 0 Å². The first kappa shape index (κ1) is 17.6. The van der Waals surface area contributed by atoms with Gasteiger partial charge in [0, 0.05) is 28.6 Å². The Morgan fingerprint density at radius 3 is 2.81 bits per heavy atom. The van der Waals surface area contributed by atoms with Crippen molar-refractivity contribution in [2.75, 3.05) is 0 Å². The zero-order chi connectivity index (χ0) is 18.8. The van der Waals surface area contributed by atoms with Crippen molar-refractivity contribution in [3.63, 3.8) is 0 Å². The average molecular weight is 372 g/mol. The Morgan fingerprint density at radius 1 is 1.19 bits per heavy atom. The highest BCUT2D eigenvalue weighted by Crippen LogP contribution is 2.40. The van der Waals surface area contributed by atoms with Crippen LogP contribution >= 0.6 is 11.5 Å². The van der Waals surface area contributed by atoms with Crippen LogP contribution in [0.2, 0.25) is 0 Å². The van der Waals surface area contributed by atoms with E-state index in [9.17, 15) is 5.26 Å². The number of rotatable bonds is 3. The topological polar surface area (TPSA) is 49.6 Å². The van der Waals surface area contributed by atoms with Gasteiger partial charge in [-0.3, -0.25) is 4.98 Å². The molecule has 1 aliphatic carbocycles. The molecular formula is C23H21N3S. The number of benzene rings is 1. The van der Waals surface area contributed by atoms with E-state index in [1.807, 2.05) is 42.6 Å². The molecule has 0 saturated carbocycles. The standard InChI is InChI=1S/C23H21N3S/c1-15-11-23-22(14-27-26-23)20(16(15)2)10-9-19-8-7-18(13-25-19)21-6-4-3-5-17(21)12-24/h3-10,13-16,20H,11H2,1-2H3/b10-9+/t15?,16-,20?/m1/s1. The van der Waals surface area contributed by atoms with Crippen molar-refractivity contribution < 1.29 is 0 Å². The summed E-state index contributed by atoms with van der Waals surface area (Å²) >= 11 is 1.56. The summed E-state index contributed by atoms with van der Waals surface area (Å²) in [4.78, 5) is 4.59. The van der Waals surface area contributed by atoms with Gasteiger partial charge in [0.1, 0.15) is 0 Å². The van der Waals surface area contributed by atoms with Crippen LogP contribution in [0.3, 0.4) is 0 Å². The van der Waals surface area contributed by atoms with Crippen LogP contribution in [0.25, 0.3) is 17.2 Å². The Hall–Kier alpha value is -2.77. The lowest BCUT2D eigenvalue weighted by Gasteiger charge is -2.31. The summed E-state index contributed by atoms with van der Waals surface area (Å²) in [6.07, 6.45) is 7.31. The maximum atomic E-state index is 9.29. The van der Waals surface area contributed by atoms with E-state index in [1.165, 1.54) is 11.3 Å². The minimum absolute atomic E-state index is 0.392. The Labute approximate surface area is 164 Å². The summed E-state index contributed by atoms with van der Waals surface area (Å²) in [7, 11) is 0. The Bertz CT molecular complexity index is 1010. The third-order valence-corrected chi connectivity index (χ3v) is 6.32. The van der Waals surface area contributed by atoms with Crippen molar-refractivity contribution in [1.29, 1.82) is 5.26 Å². The smallest absolute Gasteiger partial charge is 0.0998 e. The van der Waals surface area contributed by atoms with E-state index in [-0.39, 0.29) is 0 Å². The van der Waals surface area contributed by atoms with E-state index in [0.29, 0.717) is 23.3 Å². The van der Waals surface area contributed by atoms with E-state index in [0.717, 1.165) is 23.2 Å². The zero-order valence-electron chi connectivity index (χ0n) is 15.5. The van der Waals surface area contributed by atoms with Crippen molar-refractivity contribution in [2.24, 2.45) is 11.8 Å². The molecule has 0 saturated heterocycles. The van der Waals surface area contributed by atoms with Gasteiger partial charge in [-0.2, -0.15) is 9.64 Å². The first-order valence-corrected chi connectivity index (χ1v) is 10.1. The predicted molar refractivity (Wildman–Crippen MR) is 110 cm³/mol. The van der Waals surface area contributed by atoms with Crippen LogP contribution < -0.4 is 0 Å². The average Bonchev–Trinajstić information content (AvgIpc) is 3.16. The molecule has 0 aliphatic heterocycles. The van der Waals surface area contributed by atoms with E-state index in [1.54, 1.807) is 11.5 Å². The van der Waals surface area contributed by atoms with Gasteiger partial charge in [-0.1, -0.05) is 44.2 Å². The molecule has 2 unspecified atom stereocenters. The van der Waals surface area contributed by atoms with Crippen molar-refractivity contribution in [3.8, 4) is 17.2 Å². The second-order valence-electron chi connectivity index (χ2n) is 7.27. The van der Waals surface area contributed by atoms with Crippen LogP contribution in [-0.2, 0) is 6.42 Å². The maximum Gasteiger partial charge on any atom is 0.0998 e. The molecule has 0 fully saturated rings. The molecule has 2 aromatic heterocycles. The van der Waals surface area contributed by atoms with Crippen LogP contribution in [0.5, 0.6) is 0 Å². The summed E-state index contributed by atoms with van der Waals surface area (Å²) in [5, 5.41) is 11.5. The van der Waals surface area contributed by atoms with Gasteiger partial charge < -0.3 is 0 Å². The molecule has 3 nitrogen and oxygen atoms in total. The fourth-order valence-corrected chi connectivity index (χ4v) is 4.56. The highest BCUT2D eigenvalue weighted by atomic mass is 32.1. The van der Waals surface area contributed by atoms with E-state index < -0.39 is 0 Å². The van der Waals surface area contributed by atoms with Crippen LogP contribution in [-0.4, -0.2) is 9.36 Å². The van der Waals surface area contributed by atoms with E-state index in [2.05, 4.69) is 46.8 Å². The molecule has 2 heterocycles. The molecule has 0 N–H and O–H groups in total. The largest absolute Gasteiger partial charge is 0.256 e. The molecule has 3 atom stereocenters. The number of nitrogens with zero attached hydrogens (tertiary/aromatic N) is 3. The molecule has 4 rings (SSSR count). The summed E-state index contributed by atoms with van der Waals surface area (Å²) in [6, 6.07) is 13.9. The Morgan fingerprint density at radius 2 is 2.04 bits per heavy atom. The minimum Gasteiger partial charge on any atom is -0.256 e. The van der Waals surface area contributed by atoms with Crippen molar-refractivity contribution in [3.05, 3.63) is 76.6 Å². The van der Waals surface area contributed by atoms with Crippen molar-refractivity contribution in [1.82, 2.24) is 9.36 Å². The minimum atomic E-state index is 0.392. The molecule has 0 spiro atoms. The molecule has 1 aromatic carbocycles. The highest BCUT2D eigenvalue weighted by Gasteiger charge is 2.31. The summed E-state index contributed by atoms with van der Waals surface area (Å²) in [5.41, 5.74) is 6.13. The van der Waals surface area contributed by atoms with Crippen LogP contribution in [0, 0.1) is 23.2 Å². The van der Waals surface area contributed by atoms with Crippen molar-refractivity contribution >= 4 is 17.6 Å². The molecular weight excluding hydrogens is 350 g/mol.